The fourth-order valence-electron chi connectivity index (χ4n) is 6.64. The minimum atomic E-state index is -1.21. The Morgan fingerprint density at radius 1 is 1.05 bits per heavy atom. The first-order valence-corrected chi connectivity index (χ1v) is 13.9. The van der Waals surface area contributed by atoms with Crippen molar-refractivity contribution in [3.8, 4) is 5.75 Å². The SMILES string of the molecule is COc1ccc(N2CN=C3SC4(C(=O)N3C2)C(c2ccc(Cl)cc2)CN(C)C42C(=O)Nc3ccccc32)cc1. The highest BCUT2D eigenvalue weighted by Crippen LogP contribution is 2.66. The number of aliphatic imine (C=N–C) groups is 1. The summed E-state index contributed by atoms with van der Waals surface area (Å²) in [5.41, 5.74) is 2.26. The topological polar surface area (TPSA) is 77.5 Å². The van der Waals surface area contributed by atoms with Gasteiger partial charge >= 0.3 is 0 Å². The molecule has 39 heavy (non-hydrogen) atoms. The molecule has 0 bridgehead atoms. The van der Waals surface area contributed by atoms with Gasteiger partial charge in [-0.15, -0.1) is 0 Å². The summed E-state index contributed by atoms with van der Waals surface area (Å²) in [6.45, 7) is 1.27. The number of amidine groups is 1. The van der Waals surface area contributed by atoms with Crippen LogP contribution in [0.25, 0.3) is 0 Å². The molecular weight excluding hydrogens is 534 g/mol. The number of thioether (sulfide) groups is 1. The van der Waals surface area contributed by atoms with Crippen LogP contribution in [0.2, 0.25) is 5.02 Å². The average Bonchev–Trinajstić information content (AvgIpc) is 3.53. The second-order valence-corrected chi connectivity index (χ2v) is 11.9. The Bertz CT molecular complexity index is 1530. The highest BCUT2D eigenvalue weighted by molar-refractivity contribution is 8.16. The molecule has 2 spiro atoms. The minimum Gasteiger partial charge on any atom is -0.497 e. The number of para-hydroxylation sites is 1. The molecule has 2 amide bonds. The first-order chi connectivity index (χ1) is 18.9. The van der Waals surface area contributed by atoms with Gasteiger partial charge < -0.3 is 15.0 Å². The van der Waals surface area contributed by atoms with Crippen LogP contribution in [0.1, 0.15) is 17.0 Å². The number of likely N-dealkylation sites (N-methyl/N-ethyl adjacent to an activating group) is 1. The third kappa shape index (κ3) is 3.21. The zero-order valence-corrected chi connectivity index (χ0v) is 23.0. The Kier molecular flexibility index (Phi) is 5.49. The predicted molar refractivity (Wildman–Crippen MR) is 153 cm³/mol. The summed E-state index contributed by atoms with van der Waals surface area (Å²) in [6.07, 6.45) is 0. The number of hydrogen-bond donors (Lipinski definition) is 1. The second kappa shape index (κ2) is 8.74. The number of nitrogens with one attached hydrogen (secondary N) is 1. The molecule has 0 aliphatic carbocycles. The van der Waals surface area contributed by atoms with E-state index in [1.807, 2.05) is 84.7 Å². The van der Waals surface area contributed by atoms with Gasteiger partial charge in [-0.2, -0.15) is 0 Å². The molecule has 3 aromatic carbocycles. The van der Waals surface area contributed by atoms with Gasteiger partial charge in [-0.3, -0.25) is 19.4 Å². The van der Waals surface area contributed by atoms with Gasteiger partial charge in [0, 0.05) is 34.4 Å². The minimum absolute atomic E-state index is 0.111. The van der Waals surface area contributed by atoms with Crippen LogP contribution in [0.3, 0.4) is 0 Å². The van der Waals surface area contributed by atoms with Crippen LogP contribution in [0, 0.1) is 0 Å². The van der Waals surface area contributed by atoms with Gasteiger partial charge in [0.05, 0.1) is 7.11 Å². The van der Waals surface area contributed by atoms with E-state index >= 15 is 0 Å². The summed E-state index contributed by atoms with van der Waals surface area (Å²) < 4.78 is 4.14. The van der Waals surface area contributed by atoms with E-state index < -0.39 is 10.3 Å². The molecule has 3 aromatic rings. The predicted octanol–water partition coefficient (Wildman–Crippen LogP) is 4.33. The summed E-state index contributed by atoms with van der Waals surface area (Å²) in [5, 5.41) is 4.37. The molecule has 8 nitrogen and oxygen atoms in total. The van der Waals surface area contributed by atoms with Crippen LogP contribution in [-0.2, 0) is 15.1 Å². The molecule has 0 saturated carbocycles. The van der Waals surface area contributed by atoms with Gasteiger partial charge in [0.15, 0.2) is 10.7 Å². The summed E-state index contributed by atoms with van der Waals surface area (Å²) in [4.78, 5) is 39.8. The Morgan fingerprint density at radius 2 is 1.79 bits per heavy atom. The van der Waals surface area contributed by atoms with Gasteiger partial charge in [0.25, 0.3) is 5.91 Å². The van der Waals surface area contributed by atoms with E-state index in [0.29, 0.717) is 30.1 Å². The average molecular weight is 560 g/mol. The van der Waals surface area contributed by atoms with Crippen LogP contribution < -0.4 is 15.0 Å². The monoisotopic (exact) mass is 559 g/mol. The van der Waals surface area contributed by atoms with Gasteiger partial charge in [0.2, 0.25) is 5.91 Å². The van der Waals surface area contributed by atoms with Crippen molar-refractivity contribution in [2.45, 2.75) is 16.2 Å². The molecule has 198 valence electrons. The van der Waals surface area contributed by atoms with E-state index in [4.69, 9.17) is 21.3 Å². The summed E-state index contributed by atoms with van der Waals surface area (Å²) in [6, 6.07) is 23.0. The quantitative estimate of drug-likeness (QED) is 0.515. The summed E-state index contributed by atoms with van der Waals surface area (Å²) in [5.74, 6) is 0.188. The van der Waals surface area contributed by atoms with Gasteiger partial charge in [-0.25, -0.2) is 4.99 Å². The first-order valence-electron chi connectivity index (χ1n) is 12.7. The maximum atomic E-state index is 14.9. The number of anilines is 2. The molecule has 3 atom stereocenters. The summed E-state index contributed by atoms with van der Waals surface area (Å²) in [7, 11) is 3.57. The second-order valence-electron chi connectivity index (χ2n) is 10.2. The highest BCUT2D eigenvalue weighted by atomic mass is 35.5. The molecule has 7 rings (SSSR count). The maximum absolute atomic E-state index is 14.9. The number of fused-ring (bicyclic) bond motifs is 4. The fourth-order valence-corrected chi connectivity index (χ4v) is 8.48. The Morgan fingerprint density at radius 3 is 2.54 bits per heavy atom. The molecular formula is C29H26ClN5O3S. The van der Waals surface area contributed by atoms with E-state index in [-0.39, 0.29) is 17.7 Å². The zero-order valence-electron chi connectivity index (χ0n) is 21.4. The Hall–Kier alpha value is -3.53. The Labute approximate surface area is 235 Å². The van der Waals surface area contributed by atoms with Crippen molar-refractivity contribution in [1.29, 1.82) is 0 Å². The number of nitrogens with zero attached hydrogens (tertiary/aromatic N) is 4. The largest absolute Gasteiger partial charge is 0.497 e. The van der Waals surface area contributed by atoms with E-state index in [2.05, 4.69) is 10.2 Å². The fraction of sp³-hybridized carbons (Fsp3) is 0.276. The van der Waals surface area contributed by atoms with Gasteiger partial charge in [0.1, 0.15) is 23.8 Å². The number of halogens is 1. The molecule has 0 aromatic heterocycles. The molecule has 4 aliphatic rings. The zero-order chi connectivity index (χ0) is 26.9. The lowest BCUT2D eigenvalue weighted by molar-refractivity contribution is -0.138. The van der Waals surface area contributed by atoms with Crippen molar-refractivity contribution in [1.82, 2.24) is 9.80 Å². The van der Waals surface area contributed by atoms with Gasteiger partial charge in [-0.05, 0) is 55.1 Å². The Balaban J connectivity index is 1.37. The van der Waals surface area contributed by atoms with Crippen molar-refractivity contribution in [3.05, 3.63) is 88.9 Å². The number of rotatable bonds is 3. The molecule has 4 heterocycles. The lowest BCUT2D eigenvalue weighted by atomic mass is 9.72. The third-order valence-corrected chi connectivity index (χ3v) is 10.3. The van der Waals surface area contributed by atoms with Crippen molar-refractivity contribution >= 4 is 51.7 Å². The van der Waals surface area contributed by atoms with E-state index in [1.165, 1.54) is 11.8 Å². The lowest BCUT2D eigenvalue weighted by Gasteiger charge is -2.41. The van der Waals surface area contributed by atoms with E-state index in [9.17, 15) is 9.59 Å². The molecule has 10 heteroatoms. The number of likely N-dealkylation sites (tertiary alicyclic amines) is 1. The molecule has 2 fully saturated rings. The van der Waals surface area contributed by atoms with Crippen molar-refractivity contribution in [2.75, 3.05) is 44.3 Å². The third-order valence-electron chi connectivity index (χ3n) is 8.40. The number of carbonyl (C=O) groups excluding carboxylic acids is 2. The van der Waals surface area contributed by atoms with Gasteiger partial charge in [-0.1, -0.05) is 53.7 Å². The standard InChI is InChI=1S/C29H26ClN5O3S/c1-33-15-23(18-7-9-19(30)10-8-18)29(28(33)22-5-3-4-6-24(22)32-25(28)36)26(37)35-17-34(16-31-27(35)39-29)20-11-13-21(38-2)14-12-20/h3-14,23H,15-17H2,1-2H3,(H,32,36). The van der Waals surface area contributed by atoms with E-state index in [1.54, 1.807) is 12.0 Å². The number of hydrogen-bond acceptors (Lipinski definition) is 7. The molecule has 0 radical (unpaired) electrons. The smallest absolute Gasteiger partial charge is 0.251 e. The van der Waals surface area contributed by atoms with Crippen LogP contribution in [0.4, 0.5) is 11.4 Å². The van der Waals surface area contributed by atoms with Crippen molar-refractivity contribution < 1.29 is 14.3 Å². The molecule has 1 N–H and O–H groups in total. The van der Waals surface area contributed by atoms with Crippen LogP contribution >= 0.6 is 23.4 Å². The molecule has 4 aliphatic heterocycles. The number of ether oxygens (including phenoxy) is 1. The number of amides is 2. The normalized spacial score (nSPS) is 27.7. The molecule has 2 saturated heterocycles. The first kappa shape index (κ1) is 24.5. The highest BCUT2D eigenvalue weighted by Gasteiger charge is 2.78. The van der Waals surface area contributed by atoms with E-state index in [0.717, 1.165) is 28.3 Å². The summed E-state index contributed by atoms with van der Waals surface area (Å²) >= 11 is 7.68. The van der Waals surface area contributed by atoms with Crippen molar-refractivity contribution in [3.63, 3.8) is 0 Å². The number of methoxy groups -OCH3 is 1. The number of carbonyl (C=O) groups is 2. The van der Waals surface area contributed by atoms with Crippen LogP contribution in [-0.4, -0.2) is 65.6 Å². The lowest BCUT2D eigenvalue weighted by Crippen LogP contribution is -2.62. The van der Waals surface area contributed by atoms with Crippen molar-refractivity contribution in [2.24, 2.45) is 4.99 Å². The van der Waals surface area contributed by atoms with Crippen LogP contribution in [0.5, 0.6) is 5.75 Å². The maximum Gasteiger partial charge on any atom is 0.251 e. The molecule has 3 unspecified atom stereocenters. The van der Waals surface area contributed by atoms with Crippen LogP contribution in [0.15, 0.2) is 77.8 Å². The number of benzene rings is 3.